The van der Waals surface area contributed by atoms with E-state index in [1.807, 2.05) is 13.8 Å². The van der Waals surface area contributed by atoms with Crippen LogP contribution in [-0.2, 0) is 11.3 Å². The van der Waals surface area contributed by atoms with E-state index in [4.69, 9.17) is 5.11 Å². The molecule has 0 spiro atoms. The minimum absolute atomic E-state index is 0.124. The van der Waals surface area contributed by atoms with Crippen LogP contribution in [0.1, 0.15) is 25.8 Å². The first-order valence-corrected chi connectivity index (χ1v) is 5.69. The smallest absolute Gasteiger partial charge is 0.304 e. The maximum atomic E-state index is 12.7. The fourth-order valence-corrected chi connectivity index (χ4v) is 1.58. The second kappa shape index (κ2) is 6.35. The summed E-state index contributed by atoms with van der Waals surface area (Å²) < 4.78 is 12.7. The Bertz CT molecular complexity index is 362. The molecule has 1 rings (SSSR count). The highest BCUT2D eigenvalue weighted by atomic mass is 19.1. The first kappa shape index (κ1) is 13.6. The van der Waals surface area contributed by atoms with Crippen molar-refractivity contribution < 1.29 is 14.3 Å². The van der Waals surface area contributed by atoms with Crippen molar-refractivity contribution in [2.45, 2.75) is 32.9 Å². The van der Waals surface area contributed by atoms with Gasteiger partial charge >= 0.3 is 5.97 Å². The molecule has 0 saturated carbocycles. The van der Waals surface area contributed by atoms with Gasteiger partial charge in [-0.1, -0.05) is 12.1 Å². The number of carboxylic acids is 1. The quantitative estimate of drug-likeness (QED) is 0.829. The second-order valence-corrected chi connectivity index (χ2v) is 4.33. The molecular formula is C13H18FNO2. The van der Waals surface area contributed by atoms with Crippen molar-refractivity contribution in [2.75, 3.05) is 6.54 Å². The molecule has 3 nitrogen and oxygen atoms in total. The molecule has 0 atom stereocenters. The molecule has 0 aromatic heterocycles. The number of aliphatic carboxylic acids is 1. The van der Waals surface area contributed by atoms with Gasteiger partial charge in [0.05, 0.1) is 6.42 Å². The van der Waals surface area contributed by atoms with Gasteiger partial charge in [-0.2, -0.15) is 0 Å². The van der Waals surface area contributed by atoms with Crippen molar-refractivity contribution in [2.24, 2.45) is 0 Å². The summed E-state index contributed by atoms with van der Waals surface area (Å²) in [5.74, 6) is -1.05. The molecule has 1 aromatic carbocycles. The molecule has 0 heterocycles. The zero-order chi connectivity index (χ0) is 12.8. The summed E-state index contributed by atoms with van der Waals surface area (Å²) in [6, 6.07) is 6.56. The van der Waals surface area contributed by atoms with Gasteiger partial charge in [-0.15, -0.1) is 0 Å². The lowest BCUT2D eigenvalue weighted by molar-refractivity contribution is -0.137. The lowest BCUT2D eigenvalue weighted by Crippen LogP contribution is -2.32. The van der Waals surface area contributed by atoms with Crippen LogP contribution in [-0.4, -0.2) is 28.6 Å². The lowest BCUT2D eigenvalue weighted by atomic mass is 10.2. The minimum atomic E-state index is -0.797. The monoisotopic (exact) mass is 239 g/mol. The van der Waals surface area contributed by atoms with E-state index in [2.05, 4.69) is 4.90 Å². The van der Waals surface area contributed by atoms with Gasteiger partial charge in [0, 0.05) is 19.1 Å². The Balaban J connectivity index is 2.60. The average molecular weight is 239 g/mol. The molecule has 0 unspecified atom stereocenters. The molecule has 17 heavy (non-hydrogen) atoms. The summed E-state index contributed by atoms with van der Waals surface area (Å²) in [6.45, 7) is 5.19. The molecule has 1 aromatic rings. The molecule has 0 saturated heterocycles. The number of benzene rings is 1. The Morgan fingerprint density at radius 1 is 1.35 bits per heavy atom. The van der Waals surface area contributed by atoms with Crippen LogP contribution < -0.4 is 0 Å². The van der Waals surface area contributed by atoms with E-state index in [1.54, 1.807) is 12.1 Å². The van der Waals surface area contributed by atoms with Gasteiger partial charge in [-0.3, -0.25) is 9.69 Å². The maximum Gasteiger partial charge on any atom is 0.304 e. The zero-order valence-corrected chi connectivity index (χ0v) is 10.2. The molecule has 0 fully saturated rings. The fourth-order valence-electron chi connectivity index (χ4n) is 1.58. The molecule has 0 bridgehead atoms. The summed E-state index contributed by atoms with van der Waals surface area (Å²) in [6.07, 6.45) is 0.124. The van der Waals surface area contributed by atoms with E-state index in [1.165, 1.54) is 12.1 Å². The van der Waals surface area contributed by atoms with Gasteiger partial charge in [0.2, 0.25) is 0 Å². The summed E-state index contributed by atoms with van der Waals surface area (Å²) >= 11 is 0. The zero-order valence-electron chi connectivity index (χ0n) is 10.2. The topological polar surface area (TPSA) is 40.5 Å². The summed E-state index contributed by atoms with van der Waals surface area (Å²) in [5, 5.41) is 8.67. The Morgan fingerprint density at radius 2 is 1.94 bits per heavy atom. The van der Waals surface area contributed by atoms with Crippen LogP contribution in [0, 0.1) is 5.82 Å². The second-order valence-electron chi connectivity index (χ2n) is 4.33. The molecule has 0 amide bonds. The Kier molecular flexibility index (Phi) is 5.10. The van der Waals surface area contributed by atoms with Crippen molar-refractivity contribution in [1.29, 1.82) is 0 Å². The fraction of sp³-hybridized carbons (Fsp3) is 0.462. The first-order chi connectivity index (χ1) is 7.99. The molecule has 4 heteroatoms. The number of hydrogen-bond acceptors (Lipinski definition) is 2. The molecule has 0 radical (unpaired) electrons. The van der Waals surface area contributed by atoms with Crippen LogP contribution in [0.25, 0.3) is 0 Å². The predicted molar refractivity (Wildman–Crippen MR) is 64.2 cm³/mol. The number of halogens is 1. The van der Waals surface area contributed by atoms with Crippen molar-refractivity contribution in [3.05, 3.63) is 35.6 Å². The minimum Gasteiger partial charge on any atom is -0.481 e. The van der Waals surface area contributed by atoms with Crippen molar-refractivity contribution >= 4 is 5.97 Å². The standard InChI is InChI=1S/C13H18FNO2/c1-10(2)15(8-7-13(16)17)9-11-3-5-12(14)6-4-11/h3-6,10H,7-9H2,1-2H3,(H,16,17). The SMILES string of the molecule is CC(C)N(CCC(=O)O)Cc1ccc(F)cc1. The Morgan fingerprint density at radius 3 is 2.41 bits per heavy atom. The predicted octanol–water partition coefficient (Wildman–Crippen LogP) is 2.51. The summed E-state index contributed by atoms with van der Waals surface area (Å²) in [4.78, 5) is 12.6. The molecule has 0 aliphatic heterocycles. The van der Waals surface area contributed by atoms with Crippen molar-refractivity contribution in [3.8, 4) is 0 Å². The number of carbonyl (C=O) groups is 1. The Hall–Kier alpha value is -1.42. The van der Waals surface area contributed by atoms with E-state index in [-0.39, 0.29) is 18.3 Å². The summed E-state index contributed by atoms with van der Waals surface area (Å²) in [7, 11) is 0. The van der Waals surface area contributed by atoms with Gasteiger partial charge in [0.15, 0.2) is 0 Å². The van der Waals surface area contributed by atoms with Gasteiger partial charge in [-0.25, -0.2) is 4.39 Å². The van der Waals surface area contributed by atoms with Crippen LogP contribution in [0.15, 0.2) is 24.3 Å². The van der Waals surface area contributed by atoms with Crippen LogP contribution in [0.4, 0.5) is 4.39 Å². The van der Waals surface area contributed by atoms with E-state index in [9.17, 15) is 9.18 Å². The third kappa shape index (κ3) is 4.95. The molecule has 0 aliphatic carbocycles. The molecule has 0 aliphatic rings. The highest BCUT2D eigenvalue weighted by molar-refractivity contribution is 5.66. The molecular weight excluding hydrogens is 221 g/mol. The number of nitrogens with zero attached hydrogens (tertiary/aromatic N) is 1. The first-order valence-electron chi connectivity index (χ1n) is 5.69. The van der Waals surface area contributed by atoms with Crippen molar-refractivity contribution in [3.63, 3.8) is 0 Å². The Labute approximate surface area is 101 Å². The lowest BCUT2D eigenvalue weighted by Gasteiger charge is -2.25. The third-order valence-electron chi connectivity index (χ3n) is 2.64. The van der Waals surface area contributed by atoms with Crippen LogP contribution in [0.3, 0.4) is 0 Å². The summed E-state index contributed by atoms with van der Waals surface area (Å²) in [5.41, 5.74) is 0.991. The van der Waals surface area contributed by atoms with E-state index < -0.39 is 5.97 Å². The number of hydrogen-bond donors (Lipinski definition) is 1. The van der Waals surface area contributed by atoms with Gasteiger partial charge in [-0.05, 0) is 31.5 Å². The normalized spacial score (nSPS) is 11.1. The molecule has 94 valence electrons. The maximum absolute atomic E-state index is 12.7. The molecule has 1 N–H and O–H groups in total. The van der Waals surface area contributed by atoms with Crippen LogP contribution in [0.2, 0.25) is 0 Å². The van der Waals surface area contributed by atoms with Crippen LogP contribution in [0.5, 0.6) is 0 Å². The van der Waals surface area contributed by atoms with Crippen molar-refractivity contribution in [1.82, 2.24) is 4.90 Å². The average Bonchev–Trinajstić information content (AvgIpc) is 2.26. The van der Waals surface area contributed by atoms with Crippen LogP contribution >= 0.6 is 0 Å². The number of carboxylic acid groups (broad SMARTS) is 1. The van der Waals surface area contributed by atoms with Gasteiger partial charge in [0.25, 0.3) is 0 Å². The van der Waals surface area contributed by atoms with E-state index in [0.29, 0.717) is 13.1 Å². The van der Waals surface area contributed by atoms with Gasteiger partial charge in [0.1, 0.15) is 5.82 Å². The van der Waals surface area contributed by atoms with E-state index >= 15 is 0 Å². The largest absolute Gasteiger partial charge is 0.481 e. The third-order valence-corrected chi connectivity index (χ3v) is 2.64. The highest BCUT2D eigenvalue weighted by Crippen LogP contribution is 2.10. The van der Waals surface area contributed by atoms with Gasteiger partial charge < -0.3 is 5.11 Å². The highest BCUT2D eigenvalue weighted by Gasteiger charge is 2.11. The van der Waals surface area contributed by atoms with E-state index in [0.717, 1.165) is 5.56 Å². The number of rotatable bonds is 6.